The van der Waals surface area contributed by atoms with Crippen LogP contribution in [-0.4, -0.2) is 36.5 Å². The van der Waals surface area contributed by atoms with Crippen molar-refractivity contribution in [1.29, 1.82) is 0 Å². The Balaban J connectivity index is 2.40. The lowest BCUT2D eigenvalue weighted by molar-refractivity contribution is 0.194. The molecule has 0 N–H and O–H groups in total. The average molecular weight is 281 g/mol. The van der Waals surface area contributed by atoms with Crippen molar-refractivity contribution in [3.8, 4) is 0 Å². The molecule has 1 fully saturated rings. The smallest absolute Gasteiger partial charge is 0.246 e. The van der Waals surface area contributed by atoms with E-state index >= 15 is 0 Å². The first-order valence-electron chi connectivity index (χ1n) is 6.06. The largest absolute Gasteiger partial charge is 0.263 e. The number of piperidine rings is 1. The van der Waals surface area contributed by atoms with E-state index in [2.05, 4.69) is 9.98 Å². The third-order valence-corrected chi connectivity index (χ3v) is 5.12. The van der Waals surface area contributed by atoms with E-state index < -0.39 is 16.2 Å². The van der Waals surface area contributed by atoms with Crippen LogP contribution in [0.25, 0.3) is 0 Å². The van der Waals surface area contributed by atoms with E-state index in [9.17, 15) is 13.2 Å². The van der Waals surface area contributed by atoms with E-state index in [1.165, 1.54) is 28.8 Å². The molecule has 7 heteroatoms. The minimum absolute atomic E-state index is 0.00152. The zero-order valence-corrected chi connectivity index (χ0v) is 11.4. The van der Waals surface area contributed by atoms with Gasteiger partial charge >= 0.3 is 0 Å². The standard InChI is InChI=1S/C12H15N3O3S/c1-10-4-3-7-15(12(10)14-9-16)19(17,18)11-5-2-6-13-8-11/h2,5-6,8,10,12H,3-4,7H2,1H3. The molecule has 2 heterocycles. The van der Waals surface area contributed by atoms with E-state index in [0.717, 1.165) is 12.8 Å². The lowest BCUT2D eigenvalue weighted by atomic mass is 9.98. The fraction of sp³-hybridized carbons (Fsp3) is 0.500. The van der Waals surface area contributed by atoms with Gasteiger partial charge in [-0.3, -0.25) is 4.98 Å². The second kappa shape index (κ2) is 5.61. The molecule has 1 aliphatic rings. The molecule has 0 amide bonds. The SMILES string of the molecule is CC1CCCN(S(=O)(=O)c2cccnc2)C1N=C=O. The lowest BCUT2D eigenvalue weighted by Gasteiger charge is -2.35. The Kier molecular flexibility index (Phi) is 4.09. The first-order chi connectivity index (χ1) is 9.07. The minimum atomic E-state index is -3.67. The summed E-state index contributed by atoms with van der Waals surface area (Å²) in [7, 11) is -3.67. The fourth-order valence-corrected chi connectivity index (χ4v) is 3.90. The maximum Gasteiger partial charge on any atom is 0.246 e. The zero-order chi connectivity index (χ0) is 13.9. The van der Waals surface area contributed by atoms with E-state index in [1.54, 1.807) is 6.07 Å². The van der Waals surface area contributed by atoms with Gasteiger partial charge in [0.15, 0.2) is 0 Å². The Morgan fingerprint density at radius 2 is 2.32 bits per heavy atom. The molecule has 2 rings (SSSR count). The number of rotatable bonds is 3. The fourth-order valence-electron chi connectivity index (χ4n) is 2.28. The van der Waals surface area contributed by atoms with Crippen LogP contribution in [0.3, 0.4) is 0 Å². The van der Waals surface area contributed by atoms with E-state index in [0.29, 0.717) is 6.54 Å². The highest BCUT2D eigenvalue weighted by atomic mass is 32.2. The lowest BCUT2D eigenvalue weighted by Crippen LogP contribution is -2.46. The Morgan fingerprint density at radius 1 is 1.53 bits per heavy atom. The predicted molar refractivity (Wildman–Crippen MR) is 68.4 cm³/mol. The van der Waals surface area contributed by atoms with Crippen LogP contribution < -0.4 is 0 Å². The maximum absolute atomic E-state index is 12.5. The molecule has 2 atom stereocenters. The molecular weight excluding hydrogens is 266 g/mol. The van der Waals surface area contributed by atoms with Gasteiger partial charge < -0.3 is 0 Å². The summed E-state index contributed by atoms with van der Waals surface area (Å²) in [6, 6.07) is 3.06. The first kappa shape index (κ1) is 13.9. The Labute approximate surface area is 112 Å². The molecule has 1 aliphatic heterocycles. The third kappa shape index (κ3) is 2.73. The van der Waals surface area contributed by atoms with E-state index in [4.69, 9.17) is 0 Å². The van der Waals surface area contributed by atoms with Crippen molar-refractivity contribution < 1.29 is 13.2 Å². The molecule has 0 aliphatic carbocycles. The number of isocyanates is 1. The number of pyridine rings is 1. The number of aliphatic imine (C=N–C) groups is 1. The summed E-state index contributed by atoms with van der Waals surface area (Å²) >= 11 is 0. The highest BCUT2D eigenvalue weighted by Crippen LogP contribution is 2.29. The van der Waals surface area contributed by atoms with Crippen LogP contribution in [0.5, 0.6) is 0 Å². The summed E-state index contributed by atoms with van der Waals surface area (Å²) in [4.78, 5) is 18.1. The molecule has 0 aromatic carbocycles. The quantitative estimate of drug-likeness (QED) is 0.615. The summed E-state index contributed by atoms with van der Waals surface area (Å²) in [6.07, 6.45) is 5.22. The highest BCUT2D eigenvalue weighted by molar-refractivity contribution is 7.89. The van der Waals surface area contributed by atoms with Crippen molar-refractivity contribution in [3.05, 3.63) is 24.5 Å². The molecule has 6 nitrogen and oxygen atoms in total. The molecule has 0 radical (unpaired) electrons. The molecule has 0 spiro atoms. The van der Waals surface area contributed by atoms with Gasteiger partial charge in [-0.1, -0.05) is 6.92 Å². The van der Waals surface area contributed by atoms with Gasteiger partial charge in [-0.05, 0) is 30.9 Å². The molecule has 1 aromatic rings. The number of hydrogen-bond donors (Lipinski definition) is 0. The number of aromatic nitrogens is 1. The van der Waals surface area contributed by atoms with Crippen molar-refractivity contribution in [2.45, 2.75) is 30.8 Å². The van der Waals surface area contributed by atoms with Gasteiger partial charge in [0, 0.05) is 18.9 Å². The van der Waals surface area contributed by atoms with Gasteiger partial charge in [0.2, 0.25) is 16.1 Å². The van der Waals surface area contributed by atoms with Crippen LogP contribution in [0.4, 0.5) is 0 Å². The average Bonchev–Trinajstić information content (AvgIpc) is 2.42. The van der Waals surface area contributed by atoms with Gasteiger partial charge in [0.05, 0.1) is 0 Å². The van der Waals surface area contributed by atoms with Crippen LogP contribution >= 0.6 is 0 Å². The van der Waals surface area contributed by atoms with Crippen molar-refractivity contribution in [3.63, 3.8) is 0 Å². The third-order valence-electron chi connectivity index (χ3n) is 3.27. The van der Waals surface area contributed by atoms with Gasteiger partial charge in [0.25, 0.3) is 0 Å². The van der Waals surface area contributed by atoms with E-state index in [1.807, 2.05) is 6.92 Å². The predicted octanol–water partition coefficient (Wildman–Crippen LogP) is 1.16. The summed E-state index contributed by atoms with van der Waals surface area (Å²) in [5.41, 5.74) is 0. The zero-order valence-electron chi connectivity index (χ0n) is 10.6. The van der Waals surface area contributed by atoms with Gasteiger partial charge in [-0.15, -0.1) is 0 Å². The molecule has 19 heavy (non-hydrogen) atoms. The molecule has 0 bridgehead atoms. The number of hydrogen-bond acceptors (Lipinski definition) is 5. The van der Waals surface area contributed by atoms with Crippen molar-refractivity contribution in [2.24, 2.45) is 10.9 Å². The number of nitrogens with zero attached hydrogens (tertiary/aromatic N) is 3. The van der Waals surface area contributed by atoms with Crippen LogP contribution in [0, 0.1) is 5.92 Å². The van der Waals surface area contributed by atoms with Crippen LogP contribution in [-0.2, 0) is 14.8 Å². The van der Waals surface area contributed by atoms with Gasteiger partial charge in [-0.2, -0.15) is 9.30 Å². The molecule has 2 unspecified atom stereocenters. The van der Waals surface area contributed by atoms with Crippen LogP contribution in [0.2, 0.25) is 0 Å². The molecule has 0 saturated carbocycles. The van der Waals surface area contributed by atoms with Gasteiger partial charge in [0.1, 0.15) is 11.1 Å². The van der Waals surface area contributed by atoms with Crippen molar-refractivity contribution in [2.75, 3.05) is 6.54 Å². The summed E-state index contributed by atoms with van der Waals surface area (Å²) in [6.45, 7) is 2.24. The molecule has 1 saturated heterocycles. The summed E-state index contributed by atoms with van der Waals surface area (Å²) < 4.78 is 26.3. The Morgan fingerprint density at radius 3 is 2.95 bits per heavy atom. The maximum atomic E-state index is 12.5. The number of carbonyl (C=O) groups excluding carboxylic acids is 1. The summed E-state index contributed by atoms with van der Waals surface area (Å²) in [5.74, 6) is 0.00152. The summed E-state index contributed by atoms with van der Waals surface area (Å²) in [5, 5.41) is 0. The second-order valence-electron chi connectivity index (χ2n) is 4.56. The van der Waals surface area contributed by atoms with Crippen LogP contribution in [0.15, 0.2) is 34.4 Å². The first-order valence-corrected chi connectivity index (χ1v) is 7.50. The Hall–Kier alpha value is -1.56. The van der Waals surface area contributed by atoms with Crippen molar-refractivity contribution >= 4 is 16.1 Å². The molecule has 102 valence electrons. The second-order valence-corrected chi connectivity index (χ2v) is 6.45. The topological polar surface area (TPSA) is 79.7 Å². The highest BCUT2D eigenvalue weighted by Gasteiger charge is 2.37. The molecular formula is C12H15N3O3S. The van der Waals surface area contributed by atoms with Crippen LogP contribution in [0.1, 0.15) is 19.8 Å². The Bertz CT molecular complexity index is 581. The van der Waals surface area contributed by atoms with Gasteiger partial charge in [-0.25, -0.2) is 13.2 Å². The number of sulfonamides is 1. The van der Waals surface area contributed by atoms with Crippen molar-refractivity contribution in [1.82, 2.24) is 9.29 Å². The normalized spacial score (nSPS) is 24.7. The minimum Gasteiger partial charge on any atom is -0.263 e. The van der Waals surface area contributed by atoms with E-state index in [-0.39, 0.29) is 10.8 Å². The monoisotopic (exact) mass is 281 g/mol. The molecule has 1 aromatic heterocycles.